The van der Waals surface area contributed by atoms with E-state index in [4.69, 9.17) is 0 Å². The van der Waals surface area contributed by atoms with E-state index in [0.717, 1.165) is 5.56 Å². The van der Waals surface area contributed by atoms with Gasteiger partial charge in [0.15, 0.2) is 0 Å². The molecule has 0 unspecified atom stereocenters. The number of non-ortho nitro benzene ring substituents is 1. The Morgan fingerprint density at radius 2 is 1.97 bits per heavy atom. The molecule has 2 aliphatic rings. The van der Waals surface area contributed by atoms with Crippen LogP contribution in [0.1, 0.15) is 30.0 Å². The van der Waals surface area contributed by atoms with Crippen molar-refractivity contribution in [3.05, 3.63) is 57.6 Å². The van der Waals surface area contributed by atoms with Crippen molar-refractivity contribution in [2.75, 3.05) is 23.4 Å². The Kier molecular flexibility index (Phi) is 5.16. The smallest absolute Gasteiger partial charge is 0.363 e. The molecule has 0 aliphatic carbocycles. The topological polar surface area (TPSA) is 103 Å². The van der Waals surface area contributed by atoms with Crippen LogP contribution in [0.25, 0.3) is 0 Å². The minimum absolute atomic E-state index is 0.0978. The first-order valence-corrected chi connectivity index (χ1v) is 9.80. The van der Waals surface area contributed by atoms with Gasteiger partial charge in [0.05, 0.1) is 34.0 Å². The van der Waals surface area contributed by atoms with E-state index in [1.54, 1.807) is 36.2 Å². The number of piperidine rings is 1. The molecule has 2 aromatic rings. The number of halogens is 3. The molecule has 0 radical (unpaired) electrons. The normalized spacial score (nSPS) is 19.7. The molecule has 166 valence electrons. The van der Waals surface area contributed by atoms with Gasteiger partial charge in [0.1, 0.15) is 0 Å². The summed E-state index contributed by atoms with van der Waals surface area (Å²) < 4.78 is 38.3. The van der Waals surface area contributed by atoms with Gasteiger partial charge < -0.3 is 15.1 Å². The first-order chi connectivity index (χ1) is 15.1. The first-order valence-electron chi connectivity index (χ1n) is 9.80. The lowest BCUT2D eigenvalue weighted by molar-refractivity contribution is -0.384. The van der Waals surface area contributed by atoms with Crippen LogP contribution < -0.4 is 15.1 Å². The van der Waals surface area contributed by atoms with Crippen LogP contribution in [0.5, 0.6) is 0 Å². The van der Waals surface area contributed by atoms with Crippen molar-refractivity contribution in [3.8, 4) is 6.07 Å². The zero-order chi connectivity index (χ0) is 23.2. The standard InChI is InChI=1S/C21H18F3N5O3/c1-27-17-8-12(11-25)2-4-15(17)18-9-13(26-20(30)21(22,23)24)6-7-28(18)16-5-3-14(29(31)32)10-19(16)27/h2-5,8,10,13,18H,6-7,9H2,1H3,(H,26,30)/t13-,18+/m0/s1. The lowest BCUT2D eigenvalue weighted by Crippen LogP contribution is -2.49. The van der Waals surface area contributed by atoms with Gasteiger partial charge in [-0.25, -0.2) is 0 Å². The van der Waals surface area contributed by atoms with Gasteiger partial charge in [-0.1, -0.05) is 6.07 Å². The summed E-state index contributed by atoms with van der Waals surface area (Å²) in [6, 6.07) is 10.5. The van der Waals surface area contributed by atoms with Crippen LogP contribution in [-0.2, 0) is 4.79 Å². The van der Waals surface area contributed by atoms with E-state index in [1.807, 2.05) is 4.90 Å². The summed E-state index contributed by atoms with van der Waals surface area (Å²) in [5.41, 5.74) is 2.92. The van der Waals surface area contributed by atoms with Crippen molar-refractivity contribution in [2.24, 2.45) is 0 Å². The summed E-state index contributed by atoms with van der Waals surface area (Å²) in [6.07, 6.45) is -4.47. The summed E-state index contributed by atoms with van der Waals surface area (Å²) in [7, 11) is 1.73. The summed E-state index contributed by atoms with van der Waals surface area (Å²) >= 11 is 0. The molecule has 1 amide bonds. The number of hydrogen-bond donors (Lipinski definition) is 1. The molecular weight excluding hydrogens is 427 g/mol. The van der Waals surface area contributed by atoms with E-state index >= 15 is 0 Å². The summed E-state index contributed by atoms with van der Waals surface area (Å²) in [6.45, 7) is 0.339. The van der Waals surface area contributed by atoms with Gasteiger partial charge in [-0.15, -0.1) is 0 Å². The number of hydrogen-bond acceptors (Lipinski definition) is 6. The van der Waals surface area contributed by atoms with E-state index < -0.39 is 29.1 Å². The maximum atomic E-state index is 12.8. The van der Waals surface area contributed by atoms with Crippen LogP contribution in [-0.4, -0.2) is 36.6 Å². The zero-order valence-corrected chi connectivity index (χ0v) is 16.9. The number of amides is 1. The lowest BCUT2D eigenvalue weighted by Gasteiger charge is -2.41. The summed E-state index contributed by atoms with van der Waals surface area (Å²) in [4.78, 5) is 26.1. The van der Waals surface area contributed by atoms with Gasteiger partial charge >= 0.3 is 12.1 Å². The van der Waals surface area contributed by atoms with Crippen LogP contribution >= 0.6 is 0 Å². The third-order valence-corrected chi connectivity index (χ3v) is 5.92. The minimum Gasteiger partial charge on any atom is -0.363 e. The van der Waals surface area contributed by atoms with E-state index in [1.165, 1.54) is 12.1 Å². The number of nitriles is 1. The molecule has 1 saturated heterocycles. The van der Waals surface area contributed by atoms with Crippen molar-refractivity contribution in [2.45, 2.75) is 31.1 Å². The molecule has 2 atom stereocenters. The van der Waals surface area contributed by atoms with Crippen molar-refractivity contribution in [1.29, 1.82) is 5.26 Å². The number of alkyl halides is 3. The molecule has 11 heteroatoms. The molecule has 0 bridgehead atoms. The molecule has 4 rings (SSSR count). The van der Waals surface area contributed by atoms with Crippen molar-refractivity contribution >= 4 is 28.7 Å². The fraction of sp³-hybridized carbons (Fsp3) is 0.333. The Balaban J connectivity index is 1.80. The van der Waals surface area contributed by atoms with Crippen molar-refractivity contribution < 1.29 is 22.9 Å². The highest BCUT2D eigenvalue weighted by molar-refractivity contribution is 5.84. The highest BCUT2D eigenvalue weighted by Gasteiger charge is 2.42. The second-order valence-corrected chi connectivity index (χ2v) is 7.78. The molecule has 0 spiro atoms. The average Bonchev–Trinajstić information content (AvgIpc) is 2.86. The number of nitrogens with one attached hydrogen (secondary N) is 1. The number of anilines is 3. The van der Waals surface area contributed by atoms with Gasteiger partial charge in [0.25, 0.3) is 5.69 Å². The average molecular weight is 445 g/mol. The van der Waals surface area contributed by atoms with Gasteiger partial charge in [0.2, 0.25) is 0 Å². The minimum atomic E-state index is -4.97. The molecule has 1 fully saturated rings. The molecule has 8 nitrogen and oxygen atoms in total. The first kappa shape index (κ1) is 21.4. The molecule has 2 aromatic carbocycles. The quantitative estimate of drug-likeness (QED) is 0.555. The molecule has 0 saturated carbocycles. The fourth-order valence-electron chi connectivity index (χ4n) is 4.40. The number of carbonyl (C=O) groups excluding carboxylic acids is 1. The molecule has 0 aromatic heterocycles. The largest absolute Gasteiger partial charge is 0.471 e. The molecule has 1 N–H and O–H groups in total. The van der Waals surface area contributed by atoms with Crippen molar-refractivity contribution in [3.63, 3.8) is 0 Å². The molecule has 2 heterocycles. The Morgan fingerprint density at radius 1 is 1.22 bits per heavy atom. The fourth-order valence-corrected chi connectivity index (χ4v) is 4.40. The third kappa shape index (κ3) is 3.68. The van der Waals surface area contributed by atoms with Crippen LogP contribution in [0.15, 0.2) is 36.4 Å². The Morgan fingerprint density at radius 3 is 2.62 bits per heavy atom. The zero-order valence-electron chi connectivity index (χ0n) is 16.9. The van der Waals surface area contributed by atoms with E-state index in [0.29, 0.717) is 29.2 Å². The van der Waals surface area contributed by atoms with Crippen molar-refractivity contribution in [1.82, 2.24) is 5.32 Å². The van der Waals surface area contributed by atoms with Crippen LogP contribution in [0, 0.1) is 21.4 Å². The second kappa shape index (κ2) is 7.71. The van der Waals surface area contributed by atoms with Gasteiger partial charge in [-0.3, -0.25) is 14.9 Å². The molecule has 2 aliphatic heterocycles. The SMILES string of the molecule is CN1c2cc(C#N)ccc2[C@H]2C[C@@H](NC(=O)C(F)(F)F)CCN2c2ccc([N+](=O)[O-])cc21. The maximum absolute atomic E-state index is 12.8. The van der Waals surface area contributed by atoms with Crippen LogP contribution in [0.4, 0.5) is 35.9 Å². The number of rotatable bonds is 2. The Labute approximate surface area is 181 Å². The highest BCUT2D eigenvalue weighted by Crippen LogP contribution is 2.49. The number of nitro benzene ring substituents is 1. The van der Waals surface area contributed by atoms with Gasteiger partial charge in [-0.05, 0) is 36.6 Å². The molecule has 32 heavy (non-hydrogen) atoms. The van der Waals surface area contributed by atoms with Crippen LogP contribution in [0.2, 0.25) is 0 Å². The van der Waals surface area contributed by atoms with E-state index in [-0.39, 0.29) is 18.5 Å². The Hall–Kier alpha value is -3.81. The van der Waals surface area contributed by atoms with Gasteiger partial charge in [0, 0.05) is 37.5 Å². The van der Waals surface area contributed by atoms with Crippen LogP contribution in [0.3, 0.4) is 0 Å². The second-order valence-electron chi connectivity index (χ2n) is 7.78. The van der Waals surface area contributed by atoms with E-state index in [9.17, 15) is 33.3 Å². The number of nitro groups is 1. The monoisotopic (exact) mass is 445 g/mol. The van der Waals surface area contributed by atoms with E-state index in [2.05, 4.69) is 11.4 Å². The lowest BCUT2D eigenvalue weighted by atomic mass is 9.90. The third-order valence-electron chi connectivity index (χ3n) is 5.92. The highest BCUT2D eigenvalue weighted by atomic mass is 19.4. The predicted molar refractivity (Wildman–Crippen MR) is 110 cm³/mol. The predicted octanol–water partition coefficient (Wildman–Crippen LogP) is 3.94. The number of benzene rings is 2. The maximum Gasteiger partial charge on any atom is 0.471 e. The summed E-state index contributed by atoms with van der Waals surface area (Å²) in [5, 5.41) is 22.7. The number of nitrogens with zero attached hydrogens (tertiary/aromatic N) is 4. The van der Waals surface area contributed by atoms with Gasteiger partial charge in [-0.2, -0.15) is 18.4 Å². The summed E-state index contributed by atoms with van der Waals surface area (Å²) in [5.74, 6) is -1.97. The molecular formula is C21H18F3N5O3. The number of fused-ring (bicyclic) bond motifs is 5. The Bertz CT molecular complexity index is 1140. The number of carbonyl (C=O) groups is 1.